The van der Waals surface area contributed by atoms with Gasteiger partial charge in [0, 0.05) is 50.8 Å². The second-order valence-electron chi connectivity index (χ2n) is 5.95. The van der Waals surface area contributed by atoms with E-state index in [1.807, 2.05) is 15.9 Å². The quantitative estimate of drug-likeness (QED) is 0.359. The number of carbonyl (C=O) groups is 1. The maximum atomic E-state index is 12.4. The number of benzene rings is 1. The fourth-order valence-corrected chi connectivity index (χ4v) is 2.75. The number of nitrogens with one attached hydrogen (secondary N) is 1. The van der Waals surface area contributed by atoms with Crippen molar-refractivity contribution in [3.63, 3.8) is 0 Å². The predicted octanol–water partition coefficient (Wildman–Crippen LogP) is 1.55. The zero-order valence-corrected chi connectivity index (χ0v) is 14.9. The molecule has 0 unspecified atom stereocenters. The minimum atomic E-state index is -0.689. The van der Waals surface area contributed by atoms with Gasteiger partial charge in [0.1, 0.15) is 17.3 Å². The molecule has 1 aliphatic heterocycles. The minimum Gasteiger partial charge on any atom is -0.373 e. The Bertz CT molecular complexity index is 932. The van der Waals surface area contributed by atoms with Gasteiger partial charge in [-0.3, -0.25) is 14.9 Å². The van der Waals surface area contributed by atoms with Crippen LogP contribution in [0.15, 0.2) is 54.5 Å². The van der Waals surface area contributed by atoms with Crippen molar-refractivity contribution < 1.29 is 9.72 Å². The highest BCUT2D eigenvalue weighted by Gasteiger charge is 2.20. The van der Waals surface area contributed by atoms with Crippen LogP contribution < -0.4 is 10.2 Å². The summed E-state index contributed by atoms with van der Waals surface area (Å²) in [6, 6.07) is 9.39. The van der Waals surface area contributed by atoms with Crippen molar-refractivity contribution in [3.8, 4) is 6.07 Å². The molecule has 0 aliphatic carbocycles. The number of aromatic nitrogens is 2. The Labute approximate surface area is 160 Å². The first-order valence-electron chi connectivity index (χ1n) is 8.51. The summed E-state index contributed by atoms with van der Waals surface area (Å²) in [4.78, 5) is 35.2. The Hall–Kier alpha value is -4.00. The lowest BCUT2D eigenvalue weighted by Gasteiger charge is -2.34. The van der Waals surface area contributed by atoms with Gasteiger partial charge in [-0.15, -0.1) is 0 Å². The molecule has 10 heteroatoms. The largest absolute Gasteiger partial charge is 0.373 e. The zero-order chi connectivity index (χ0) is 19.9. The summed E-state index contributed by atoms with van der Waals surface area (Å²) in [7, 11) is 0. The summed E-state index contributed by atoms with van der Waals surface area (Å²) in [5.74, 6) is -0.0496. The lowest BCUT2D eigenvalue weighted by Crippen LogP contribution is -2.45. The van der Waals surface area contributed by atoms with E-state index in [0.29, 0.717) is 32.1 Å². The molecule has 0 spiro atoms. The molecule has 3 rings (SSSR count). The maximum Gasteiger partial charge on any atom is 0.292 e. The average molecular weight is 379 g/mol. The summed E-state index contributed by atoms with van der Waals surface area (Å²) in [6.45, 7) is 2.46. The molecule has 1 fully saturated rings. The van der Waals surface area contributed by atoms with Crippen LogP contribution in [-0.4, -0.2) is 51.9 Å². The van der Waals surface area contributed by atoms with Crippen LogP contribution >= 0.6 is 0 Å². The van der Waals surface area contributed by atoms with E-state index in [1.54, 1.807) is 24.5 Å². The number of nitriles is 1. The highest BCUT2D eigenvalue weighted by molar-refractivity contribution is 6.07. The fourth-order valence-electron chi connectivity index (χ4n) is 2.75. The molecular formula is C18H17N7O3. The summed E-state index contributed by atoms with van der Waals surface area (Å²) in [5.41, 5.74) is -0.308. The monoisotopic (exact) mass is 379 g/mol. The van der Waals surface area contributed by atoms with Crippen LogP contribution in [0.5, 0.6) is 0 Å². The molecule has 0 saturated carbocycles. The number of carbonyl (C=O) groups excluding carboxylic acids is 1. The van der Waals surface area contributed by atoms with Crippen molar-refractivity contribution in [2.45, 2.75) is 0 Å². The second kappa shape index (κ2) is 8.59. The smallest absolute Gasteiger partial charge is 0.292 e. The Kier molecular flexibility index (Phi) is 5.76. The van der Waals surface area contributed by atoms with Crippen LogP contribution in [-0.2, 0) is 4.79 Å². The normalized spacial score (nSPS) is 14.3. The van der Waals surface area contributed by atoms with E-state index in [-0.39, 0.29) is 16.9 Å². The topological polar surface area (TPSA) is 128 Å². The van der Waals surface area contributed by atoms with Gasteiger partial charge in [-0.25, -0.2) is 9.97 Å². The number of piperazine rings is 1. The van der Waals surface area contributed by atoms with Gasteiger partial charge in [-0.2, -0.15) is 5.26 Å². The molecule has 10 nitrogen and oxygen atoms in total. The maximum absolute atomic E-state index is 12.4. The molecule has 1 aliphatic rings. The first-order chi connectivity index (χ1) is 13.6. The van der Waals surface area contributed by atoms with E-state index in [0.717, 1.165) is 0 Å². The zero-order valence-electron chi connectivity index (χ0n) is 14.9. The first kappa shape index (κ1) is 18.8. The van der Waals surface area contributed by atoms with E-state index in [2.05, 4.69) is 15.3 Å². The standard InChI is InChI=1S/C18H17N7O3/c19-12-14(17(26)22-15-4-1-2-5-16(15)25(27)28)13-23-8-10-24(11-9-23)18-20-6-3-7-21-18/h1-7,13H,8-11H2,(H,22,26)/b14-13-. The van der Waals surface area contributed by atoms with Crippen LogP contribution in [0, 0.1) is 21.4 Å². The van der Waals surface area contributed by atoms with Gasteiger partial charge in [0.05, 0.1) is 4.92 Å². The van der Waals surface area contributed by atoms with E-state index < -0.39 is 10.8 Å². The number of anilines is 2. The first-order valence-corrected chi connectivity index (χ1v) is 8.51. The minimum absolute atomic E-state index is 0.0460. The average Bonchev–Trinajstić information content (AvgIpc) is 2.73. The van der Waals surface area contributed by atoms with Crippen LogP contribution in [0.4, 0.5) is 17.3 Å². The van der Waals surface area contributed by atoms with Crippen molar-refractivity contribution in [2.24, 2.45) is 0 Å². The highest BCUT2D eigenvalue weighted by atomic mass is 16.6. The van der Waals surface area contributed by atoms with Crippen molar-refractivity contribution in [1.82, 2.24) is 14.9 Å². The van der Waals surface area contributed by atoms with Gasteiger partial charge in [0.2, 0.25) is 5.95 Å². The molecule has 1 aromatic heterocycles. The number of nitro groups is 1. The molecule has 1 aromatic carbocycles. The summed E-state index contributed by atoms with van der Waals surface area (Å²) in [6.07, 6.45) is 4.83. The molecular weight excluding hydrogens is 362 g/mol. The van der Waals surface area contributed by atoms with Crippen molar-refractivity contribution in [2.75, 3.05) is 36.4 Å². The Morgan fingerprint density at radius 3 is 2.50 bits per heavy atom. The predicted molar refractivity (Wildman–Crippen MR) is 101 cm³/mol. The SMILES string of the molecule is N#C/C(=C/N1CCN(c2ncccn2)CC1)C(=O)Nc1ccccc1[N+](=O)[O-]. The van der Waals surface area contributed by atoms with Gasteiger partial charge in [-0.1, -0.05) is 12.1 Å². The number of nitrogens with zero attached hydrogens (tertiary/aromatic N) is 6. The van der Waals surface area contributed by atoms with E-state index in [9.17, 15) is 20.2 Å². The number of para-hydroxylation sites is 2. The molecule has 2 aromatic rings. The van der Waals surface area contributed by atoms with Crippen molar-refractivity contribution in [3.05, 3.63) is 64.6 Å². The molecule has 142 valence electrons. The van der Waals surface area contributed by atoms with Gasteiger partial charge in [-0.05, 0) is 12.1 Å². The lowest BCUT2D eigenvalue weighted by molar-refractivity contribution is -0.383. The van der Waals surface area contributed by atoms with Crippen LogP contribution in [0.25, 0.3) is 0 Å². The second-order valence-corrected chi connectivity index (χ2v) is 5.95. The van der Waals surface area contributed by atoms with E-state index in [4.69, 9.17) is 0 Å². The van der Waals surface area contributed by atoms with Gasteiger partial charge in [0.25, 0.3) is 11.6 Å². The number of amides is 1. The molecule has 1 saturated heterocycles. The number of rotatable bonds is 5. The third-order valence-corrected chi connectivity index (χ3v) is 4.17. The number of nitro benzene ring substituents is 1. The summed E-state index contributed by atoms with van der Waals surface area (Å²) < 4.78 is 0. The van der Waals surface area contributed by atoms with Crippen molar-refractivity contribution in [1.29, 1.82) is 5.26 Å². The molecule has 0 radical (unpaired) electrons. The Morgan fingerprint density at radius 1 is 1.18 bits per heavy atom. The van der Waals surface area contributed by atoms with E-state index in [1.165, 1.54) is 24.4 Å². The van der Waals surface area contributed by atoms with E-state index >= 15 is 0 Å². The van der Waals surface area contributed by atoms with Gasteiger partial charge >= 0.3 is 0 Å². The van der Waals surface area contributed by atoms with Crippen LogP contribution in [0.1, 0.15) is 0 Å². The third-order valence-electron chi connectivity index (χ3n) is 4.17. The van der Waals surface area contributed by atoms with Gasteiger partial charge in [0.15, 0.2) is 0 Å². The molecule has 1 N–H and O–H groups in total. The Morgan fingerprint density at radius 2 is 1.86 bits per heavy atom. The Balaban J connectivity index is 1.65. The molecule has 2 heterocycles. The van der Waals surface area contributed by atoms with Crippen molar-refractivity contribution >= 4 is 23.2 Å². The number of hydrogen-bond acceptors (Lipinski definition) is 8. The highest BCUT2D eigenvalue weighted by Crippen LogP contribution is 2.23. The summed E-state index contributed by atoms with van der Waals surface area (Å²) >= 11 is 0. The summed E-state index contributed by atoms with van der Waals surface area (Å²) in [5, 5.41) is 22.8. The molecule has 0 bridgehead atoms. The molecule has 1 amide bonds. The van der Waals surface area contributed by atoms with Crippen LogP contribution in [0.3, 0.4) is 0 Å². The van der Waals surface area contributed by atoms with Gasteiger partial charge < -0.3 is 15.1 Å². The molecule has 0 atom stereocenters. The van der Waals surface area contributed by atoms with Crippen LogP contribution in [0.2, 0.25) is 0 Å². The lowest BCUT2D eigenvalue weighted by atomic mass is 10.2. The number of hydrogen-bond donors (Lipinski definition) is 1. The molecule has 28 heavy (non-hydrogen) atoms. The fraction of sp³-hybridized carbons (Fsp3) is 0.222. The third kappa shape index (κ3) is 4.39.